The van der Waals surface area contributed by atoms with Crippen molar-refractivity contribution in [3.05, 3.63) is 29.8 Å². The van der Waals surface area contributed by atoms with E-state index in [1.54, 1.807) is 12.1 Å². The molecule has 0 aromatic heterocycles. The normalized spacial score (nSPS) is 29.9. The van der Waals surface area contributed by atoms with E-state index >= 15 is 0 Å². The molecule has 1 saturated carbocycles. The van der Waals surface area contributed by atoms with Gasteiger partial charge in [-0.15, -0.1) is 0 Å². The highest BCUT2D eigenvalue weighted by Crippen LogP contribution is 2.32. The number of phenolic OH excluding ortho intramolecular Hbond substituents is 1. The maximum absolute atomic E-state index is 10.6. The second-order valence-corrected chi connectivity index (χ2v) is 5.60. The molecule has 0 heterocycles. The van der Waals surface area contributed by atoms with Gasteiger partial charge in [0.05, 0.1) is 5.60 Å². The summed E-state index contributed by atoms with van der Waals surface area (Å²) in [5.74, 6) is 1.03. The maximum atomic E-state index is 10.6. The molecule has 0 aliphatic heterocycles. The Balaban J connectivity index is 2.03. The number of rotatable bonds is 2. The third kappa shape index (κ3) is 3.47. The Labute approximate surface area is 103 Å². The highest BCUT2D eigenvalue weighted by Gasteiger charge is 2.29. The smallest absolute Gasteiger partial charge is 0.115 e. The zero-order valence-corrected chi connectivity index (χ0v) is 10.5. The molecule has 1 aliphatic rings. The molecule has 2 rings (SSSR count). The van der Waals surface area contributed by atoms with Crippen molar-refractivity contribution in [1.82, 2.24) is 0 Å². The van der Waals surface area contributed by atoms with Crippen LogP contribution < -0.4 is 0 Å². The lowest BCUT2D eigenvalue weighted by atomic mass is 9.87. The molecule has 17 heavy (non-hydrogen) atoms. The van der Waals surface area contributed by atoms with E-state index in [2.05, 4.69) is 6.92 Å². The molecule has 1 aromatic carbocycles. The van der Waals surface area contributed by atoms with Gasteiger partial charge in [0.1, 0.15) is 5.75 Å². The largest absolute Gasteiger partial charge is 0.508 e. The van der Waals surface area contributed by atoms with Gasteiger partial charge in [-0.05, 0) is 42.9 Å². The Hall–Kier alpha value is -1.02. The average Bonchev–Trinajstić information content (AvgIpc) is 2.45. The van der Waals surface area contributed by atoms with Crippen LogP contribution in [0.3, 0.4) is 0 Å². The first kappa shape index (κ1) is 12.4. The van der Waals surface area contributed by atoms with Crippen LogP contribution in [0, 0.1) is 5.92 Å². The fourth-order valence-electron chi connectivity index (χ4n) is 2.73. The van der Waals surface area contributed by atoms with Crippen LogP contribution in [0.5, 0.6) is 5.75 Å². The molecule has 2 nitrogen and oxygen atoms in total. The van der Waals surface area contributed by atoms with E-state index in [4.69, 9.17) is 0 Å². The van der Waals surface area contributed by atoms with E-state index in [1.165, 1.54) is 6.42 Å². The Kier molecular flexibility index (Phi) is 3.72. The first-order valence-electron chi connectivity index (χ1n) is 6.58. The van der Waals surface area contributed by atoms with Crippen LogP contribution in [0.25, 0.3) is 0 Å². The van der Waals surface area contributed by atoms with E-state index in [1.807, 2.05) is 12.1 Å². The second-order valence-electron chi connectivity index (χ2n) is 5.60. The van der Waals surface area contributed by atoms with Crippen LogP contribution in [0.2, 0.25) is 0 Å². The molecule has 0 radical (unpaired) electrons. The van der Waals surface area contributed by atoms with Gasteiger partial charge in [-0.25, -0.2) is 0 Å². The van der Waals surface area contributed by atoms with Gasteiger partial charge in [-0.2, -0.15) is 0 Å². The van der Waals surface area contributed by atoms with Gasteiger partial charge in [0.15, 0.2) is 0 Å². The molecular weight excluding hydrogens is 212 g/mol. The van der Waals surface area contributed by atoms with Crippen molar-refractivity contribution < 1.29 is 10.2 Å². The minimum Gasteiger partial charge on any atom is -0.508 e. The zero-order chi connectivity index (χ0) is 12.3. The molecule has 2 heteroatoms. The minimum absolute atomic E-state index is 0.287. The van der Waals surface area contributed by atoms with Crippen molar-refractivity contribution >= 4 is 0 Å². The van der Waals surface area contributed by atoms with Crippen molar-refractivity contribution in [1.29, 1.82) is 0 Å². The minimum atomic E-state index is -0.540. The molecular formula is C15H22O2. The van der Waals surface area contributed by atoms with Crippen LogP contribution in [0.1, 0.15) is 44.6 Å². The van der Waals surface area contributed by atoms with Gasteiger partial charge in [0.2, 0.25) is 0 Å². The summed E-state index contributed by atoms with van der Waals surface area (Å²) in [6.07, 6.45) is 5.98. The molecule has 2 N–H and O–H groups in total. The molecule has 0 saturated heterocycles. The molecule has 2 unspecified atom stereocenters. The lowest BCUT2D eigenvalue weighted by Crippen LogP contribution is -2.30. The maximum Gasteiger partial charge on any atom is 0.115 e. The van der Waals surface area contributed by atoms with Crippen LogP contribution in [-0.2, 0) is 6.42 Å². The van der Waals surface area contributed by atoms with Crippen LogP contribution in [0.4, 0.5) is 0 Å². The van der Waals surface area contributed by atoms with E-state index in [0.29, 0.717) is 6.42 Å². The summed E-state index contributed by atoms with van der Waals surface area (Å²) in [6, 6.07) is 7.19. The van der Waals surface area contributed by atoms with Crippen molar-refractivity contribution in [3.8, 4) is 5.75 Å². The molecule has 1 aliphatic carbocycles. The van der Waals surface area contributed by atoms with Crippen molar-refractivity contribution in [2.45, 2.75) is 51.0 Å². The van der Waals surface area contributed by atoms with Crippen LogP contribution >= 0.6 is 0 Å². The summed E-state index contributed by atoms with van der Waals surface area (Å²) in [5, 5.41) is 19.9. The van der Waals surface area contributed by atoms with Gasteiger partial charge >= 0.3 is 0 Å². The van der Waals surface area contributed by atoms with E-state index in [0.717, 1.165) is 37.2 Å². The standard InChI is InChI=1S/C15H22O2/c1-12-3-2-9-15(17,10-8-12)11-13-4-6-14(16)7-5-13/h4-7,12,16-17H,2-3,8-11H2,1H3. The Morgan fingerprint density at radius 2 is 1.88 bits per heavy atom. The highest BCUT2D eigenvalue weighted by atomic mass is 16.3. The van der Waals surface area contributed by atoms with Gasteiger partial charge in [-0.3, -0.25) is 0 Å². The molecule has 0 bridgehead atoms. The summed E-state index contributed by atoms with van der Waals surface area (Å²) >= 11 is 0. The summed E-state index contributed by atoms with van der Waals surface area (Å²) in [5.41, 5.74) is 0.571. The van der Waals surface area contributed by atoms with Crippen LogP contribution in [-0.4, -0.2) is 15.8 Å². The monoisotopic (exact) mass is 234 g/mol. The topological polar surface area (TPSA) is 40.5 Å². The SMILES string of the molecule is CC1CCCC(O)(Cc2ccc(O)cc2)CC1. The Morgan fingerprint density at radius 1 is 1.18 bits per heavy atom. The second kappa shape index (κ2) is 5.09. The number of aliphatic hydroxyl groups is 1. The van der Waals surface area contributed by atoms with E-state index in [9.17, 15) is 10.2 Å². The number of hydrogen-bond donors (Lipinski definition) is 2. The Morgan fingerprint density at radius 3 is 2.59 bits per heavy atom. The number of benzene rings is 1. The molecule has 0 amide bonds. The lowest BCUT2D eigenvalue weighted by molar-refractivity contribution is 0.0244. The van der Waals surface area contributed by atoms with Gasteiger partial charge in [0.25, 0.3) is 0 Å². The zero-order valence-electron chi connectivity index (χ0n) is 10.5. The predicted molar refractivity (Wildman–Crippen MR) is 69.0 cm³/mol. The summed E-state index contributed by atoms with van der Waals surface area (Å²) in [4.78, 5) is 0. The average molecular weight is 234 g/mol. The summed E-state index contributed by atoms with van der Waals surface area (Å²) in [7, 11) is 0. The van der Waals surface area contributed by atoms with Gasteiger partial charge < -0.3 is 10.2 Å². The number of hydrogen-bond acceptors (Lipinski definition) is 2. The van der Waals surface area contributed by atoms with E-state index < -0.39 is 5.60 Å². The fourth-order valence-corrected chi connectivity index (χ4v) is 2.73. The molecule has 0 spiro atoms. The summed E-state index contributed by atoms with van der Waals surface area (Å²) in [6.45, 7) is 2.27. The quantitative estimate of drug-likeness (QED) is 0.771. The lowest BCUT2D eigenvalue weighted by Gasteiger charge is -2.26. The predicted octanol–water partition coefficient (Wildman–Crippen LogP) is 3.27. The highest BCUT2D eigenvalue weighted by molar-refractivity contribution is 5.26. The van der Waals surface area contributed by atoms with Crippen molar-refractivity contribution in [3.63, 3.8) is 0 Å². The van der Waals surface area contributed by atoms with Crippen molar-refractivity contribution in [2.24, 2.45) is 5.92 Å². The number of phenols is 1. The van der Waals surface area contributed by atoms with Crippen LogP contribution in [0.15, 0.2) is 24.3 Å². The first-order valence-corrected chi connectivity index (χ1v) is 6.58. The Bertz CT molecular complexity index is 358. The molecule has 94 valence electrons. The third-order valence-corrected chi connectivity index (χ3v) is 3.91. The van der Waals surface area contributed by atoms with Gasteiger partial charge in [0, 0.05) is 6.42 Å². The molecule has 2 atom stereocenters. The fraction of sp³-hybridized carbons (Fsp3) is 0.600. The number of aromatic hydroxyl groups is 1. The summed E-state index contributed by atoms with van der Waals surface area (Å²) < 4.78 is 0. The van der Waals surface area contributed by atoms with Crippen molar-refractivity contribution in [2.75, 3.05) is 0 Å². The first-order chi connectivity index (χ1) is 8.07. The molecule has 1 aromatic rings. The third-order valence-electron chi connectivity index (χ3n) is 3.91. The molecule has 1 fully saturated rings. The van der Waals surface area contributed by atoms with Gasteiger partial charge in [-0.1, -0.05) is 31.9 Å². The van der Waals surface area contributed by atoms with E-state index in [-0.39, 0.29) is 5.75 Å².